The van der Waals surface area contributed by atoms with Gasteiger partial charge in [-0.1, -0.05) is 6.07 Å². The molecule has 0 radical (unpaired) electrons. The molecule has 1 rings (SSSR count). The minimum absolute atomic E-state index is 0.0600. The Labute approximate surface area is 135 Å². The Kier molecular flexibility index (Phi) is 7.45. The summed E-state index contributed by atoms with van der Waals surface area (Å²) >= 11 is 0. The normalized spacial score (nSPS) is 9.57. The van der Waals surface area contributed by atoms with Crippen LogP contribution >= 0.6 is 0 Å². The largest absolute Gasteiger partial charge is 0.497 e. The number of benzene rings is 1. The van der Waals surface area contributed by atoms with E-state index in [0.29, 0.717) is 11.4 Å². The zero-order valence-corrected chi connectivity index (χ0v) is 13.7. The molecular formula is C16H21NO6. The van der Waals surface area contributed by atoms with E-state index >= 15 is 0 Å². The number of ether oxygens (including phenoxy) is 4. The molecule has 0 spiro atoms. The Bertz CT molecular complexity index is 562. The van der Waals surface area contributed by atoms with Crippen molar-refractivity contribution in [1.82, 2.24) is 0 Å². The van der Waals surface area contributed by atoms with E-state index in [1.54, 1.807) is 38.1 Å². The predicted octanol–water partition coefficient (Wildman–Crippen LogP) is 2.09. The summed E-state index contributed by atoms with van der Waals surface area (Å²) in [4.78, 5) is 24.1. The van der Waals surface area contributed by atoms with Crippen molar-refractivity contribution >= 4 is 17.6 Å². The van der Waals surface area contributed by atoms with E-state index in [0.717, 1.165) is 0 Å². The molecule has 0 aliphatic heterocycles. The van der Waals surface area contributed by atoms with Gasteiger partial charge >= 0.3 is 11.9 Å². The maximum atomic E-state index is 12.0. The molecule has 0 aromatic heterocycles. The van der Waals surface area contributed by atoms with Crippen molar-refractivity contribution in [2.75, 3.05) is 32.8 Å². The quantitative estimate of drug-likeness (QED) is 0.258. The molecule has 7 nitrogen and oxygen atoms in total. The van der Waals surface area contributed by atoms with Gasteiger partial charge in [-0.2, -0.15) is 0 Å². The molecule has 0 fully saturated rings. The lowest BCUT2D eigenvalue weighted by Crippen LogP contribution is -2.23. The highest BCUT2D eigenvalue weighted by atomic mass is 16.6. The predicted molar refractivity (Wildman–Crippen MR) is 83.9 cm³/mol. The fourth-order valence-electron chi connectivity index (χ4n) is 1.72. The summed E-state index contributed by atoms with van der Waals surface area (Å²) in [5.74, 6) is -1.09. The average molecular weight is 323 g/mol. The summed E-state index contributed by atoms with van der Waals surface area (Å²) in [5.41, 5.74) is 0.242. The van der Waals surface area contributed by atoms with Crippen LogP contribution in [0.25, 0.3) is 0 Å². The molecule has 0 amide bonds. The number of hydrogen-bond acceptors (Lipinski definition) is 7. The van der Waals surface area contributed by atoms with Crippen molar-refractivity contribution < 1.29 is 28.5 Å². The fourth-order valence-corrected chi connectivity index (χ4v) is 1.72. The number of anilines is 1. The van der Waals surface area contributed by atoms with Crippen LogP contribution in [0.15, 0.2) is 35.7 Å². The van der Waals surface area contributed by atoms with Gasteiger partial charge in [0.15, 0.2) is 0 Å². The lowest BCUT2D eigenvalue weighted by molar-refractivity contribution is -0.147. The number of methoxy groups -OCH3 is 2. The van der Waals surface area contributed by atoms with Crippen LogP contribution in [0.3, 0.4) is 0 Å². The number of rotatable bonds is 8. The second-order valence-electron chi connectivity index (χ2n) is 4.21. The lowest BCUT2D eigenvalue weighted by Gasteiger charge is -2.14. The van der Waals surface area contributed by atoms with E-state index in [-0.39, 0.29) is 24.7 Å². The maximum Gasteiger partial charge on any atom is 0.351 e. The Balaban J connectivity index is 3.20. The van der Waals surface area contributed by atoms with Crippen LogP contribution in [0.2, 0.25) is 0 Å². The number of esters is 2. The van der Waals surface area contributed by atoms with Gasteiger partial charge in [0.2, 0.25) is 11.5 Å². The molecular weight excluding hydrogens is 302 g/mol. The van der Waals surface area contributed by atoms with Gasteiger partial charge in [0, 0.05) is 11.8 Å². The number of carbonyl (C=O) groups is 2. The topological polar surface area (TPSA) is 83.1 Å². The van der Waals surface area contributed by atoms with E-state index < -0.39 is 11.9 Å². The lowest BCUT2D eigenvalue weighted by atomic mass is 10.2. The van der Waals surface area contributed by atoms with Crippen LogP contribution in [-0.4, -0.2) is 39.4 Å². The zero-order valence-electron chi connectivity index (χ0n) is 13.7. The molecule has 0 aliphatic rings. The minimum Gasteiger partial charge on any atom is -0.497 e. The van der Waals surface area contributed by atoms with Crippen molar-refractivity contribution in [3.63, 3.8) is 0 Å². The molecule has 126 valence electrons. The molecule has 0 saturated heterocycles. The highest BCUT2D eigenvalue weighted by Gasteiger charge is 2.27. The summed E-state index contributed by atoms with van der Waals surface area (Å²) in [6, 6.07) is 6.93. The third-order valence-electron chi connectivity index (χ3n) is 2.72. The first kappa shape index (κ1) is 18.3. The van der Waals surface area contributed by atoms with E-state index in [9.17, 15) is 9.59 Å². The Morgan fingerprint density at radius 1 is 1.04 bits per heavy atom. The second-order valence-corrected chi connectivity index (χ2v) is 4.21. The fraction of sp³-hybridized carbons (Fsp3) is 0.375. The third-order valence-corrected chi connectivity index (χ3v) is 2.72. The number of carbonyl (C=O) groups excluding carboxylic acids is 2. The molecule has 7 heteroatoms. The van der Waals surface area contributed by atoms with Gasteiger partial charge in [-0.15, -0.1) is 0 Å². The summed E-state index contributed by atoms with van der Waals surface area (Å²) in [7, 11) is 2.87. The van der Waals surface area contributed by atoms with Crippen molar-refractivity contribution in [3.8, 4) is 5.75 Å². The zero-order chi connectivity index (χ0) is 17.2. The van der Waals surface area contributed by atoms with Gasteiger partial charge in [0.1, 0.15) is 5.75 Å². The van der Waals surface area contributed by atoms with Crippen molar-refractivity contribution in [2.45, 2.75) is 13.8 Å². The average Bonchev–Trinajstić information content (AvgIpc) is 2.55. The summed E-state index contributed by atoms with van der Waals surface area (Å²) in [6.45, 7) is 3.53. The maximum absolute atomic E-state index is 12.0. The van der Waals surface area contributed by atoms with Gasteiger partial charge in [-0.25, -0.2) is 9.59 Å². The number of nitrogens with one attached hydrogen (secondary N) is 1. The molecule has 1 N–H and O–H groups in total. The third kappa shape index (κ3) is 5.21. The Hall–Kier alpha value is -2.70. The molecule has 0 bridgehead atoms. The van der Waals surface area contributed by atoms with Crippen molar-refractivity contribution in [1.29, 1.82) is 0 Å². The molecule has 0 saturated carbocycles. The Morgan fingerprint density at radius 2 is 1.65 bits per heavy atom. The first-order valence-corrected chi connectivity index (χ1v) is 7.10. The molecule has 0 aliphatic carbocycles. The molecule has 1 aromatic carbocycles. The molecule has 0 unspecified atom stereocenters. The molecule has 0 atom stereocenters. The van der Waals surface area contributed by atoms with Gasteiger partial charge in [-0.3, -0.25) is 0 Å². The minimum atomic E-state index is -0.821. The molecule has 1 aromatic rings. The van der Waals surface area contributed by atoms with E-state index in [2.05, 4.69) is 5.32 Å². The van der Waals surface area contributed by atoms with E-state index in [1.807, 2.05) is 0 Å². The van der Waals surface area contributed by atoms with E-state index in [4.69, 9.17) is 18.9 Å². The second kappa shape index (κ2) is 9.34. The summed E-state index contributed by atoms with van der Waals surface area (Å²) in [5, 5.41) is 2.86. The van der Waals surface area contributed by atoms with Gasteiger partial charge in [0.25, 0.3) is 0 Å². The van der Waals surface area contributed by atoms with Crippen LogP contribution in [-0.2, 0) is 23.8 Å². The van der Waals surface area contributed by atoms with Crippen molar-refractivity contribution in [3.05, 3.63) is 35.7 Å². The van der Waals surface area contributed by atoms with Gasteiger partial charge in [0.05, 0.1) is 27.4 Å². The number of hydrogen-bond donors (Lipinski definition) is 1. The van der Waals surface area contributed by atoms with Crippen LogP contribution in [0.4, 0.5) is 5.69 Å². The van der Waals surface area contributed by atoms with Crippen molar-refractivity contribution in [2.24, 2.45) is 0 Å². The first-order valence-electron chi connectivity index (χ1n) is 7.10. The summed E-state index contributed by atoms with van der Waals surface area (Å²) in [6.07, 6.45) is 0. The van der Waals surface area contributed by atoms with Gasteiger partial charge < -0.3 is 24.3 Å². The highest BCUT2D eigenvalue weighted by Crippen LogP contribution is 2.20. The van der Waals surface area contributed by atoms with Crippen LogP contribution in [0.5, 0.6) is 5.75 Å². The SMILES string of the molecule is CCOC(=O)C(C(=O)OCC)=C(Nc1cccc(OC)c1)OC. The standard InChI is InChI=1S/C16H21NO6/c1-5-22-15(18)13(16(19)23-6-2)14(21-4)17-11-8-7-9-12(10-11)20-3/h7-10,17H,5-6H2,1-4H3. The van der Waals surface area contributed by atoms with Crippen LogP contribution in [0.1, 0.15) is 13.8 Å². The first-order chi connectivity index (χ1) is 11.1. The Morgan fingerprint density at radius 3 is 2.13 bits per heavy atom. The summed E-state index contributed by atoms with van der Waals surface area (Å²) < 4.78 is 20.1. The monoisotopic (exact) mass is 323 g/mol. The highest BCUT2D eigenvalue weighted by molar-refractivity contribution is 6.14. The molecule has 0 heterocycles. The van der Waals surface area contributed by atoms with Gasteiger partial charge in [-0.05, 0) is 26.0 Å². The van der Waals surface area contributed by atoms with E-state index in [1.165, 1.54) is 14.2 Å². The van der Waals surface area contributed by atoms with Crippen LogP contribution in [0, 0.1) is 0 Å². The molecule has 23 heavy (non-hydrogen) atoms. The smallest absolute Gasteiger partial charge is 0.351 e. The van der Waals surface area contributed by atoms with Crippen LogP contribution < -0.4 is 10.1 Å².